The number of aliphatic carboxylic acids is 1. The van der Waals surface area contributed by atoms with Crippen molar-refractivity contribution in [1.82, 2.24) is 4.90 Å². The van der Waals surface area contributed by atoms with Crippen molar-refractivity contribution in [2.45, 2.75) is 30.8 Å². The molecule has 2 unspecified atom stereocenters. The minimum Gasteiger partial charge on any atom is -0.480 e. The fourth-order valence-corrected chi connectivity index (χ4v) is 4.98. The van der Waals surface area contributed by atoms with Crippen LogP contribution in [0.15, 0.2) is 78.9 Å². The Morgan fingerprint density at radius 3 is 2.03 bits per heavy atom. The van der Waals surface area contributed by atoms with Gasteiger partial charge in [-0.2, -0.15) is 0 Å². The molecule has 1 heterocycles. The van der Waals surface area contributed by atoms with E-state index in [0.29, 0.717) is 12.8 Å². The quantitative estimate of drug-likeness (QED) is 0.636. The molecule has 5 heteroatoms. The first kappa shape index (κ1) is 19.4. The molecule has 1 saturated heterocycles. The van der Waals surface area contributed by atoms with Gasteiger partial charge in [0.05, 0.1) is 6.04 Å². The highest BCUT2D eigenvalue weighted by Crippen LogP contribution is 2.45. The molecule has 5 nitrogen and oxygen atoms in total. The van der Waals surface area contributed by atoms with E-state index in [-0.39, 0.29) is 18.6 Å². The van der Waals surface area contributed by atoms with Crippen molar-refractivity contribution in [2.75, 3.05) is 6.61 Å². The van der Waals surface area contributed by atoms with Gasteiger partial charge < -0.3 is 9.84 Å². The fraction of sp³-hybridized carbons (Fsp3) is 0.231. The summed E-state index contributed by atoms with van der Waals surface area (Å²) in [6.07, 6.45) is 0.449. The molecule has 0 saturated carbocycles. The first-order valence-electron chi connectivity index (χ1n) is 10.6. The smallest absolute Gasteiger partial charge is 0.411 e. The Bertz CT molecular complexity index is 1080. The van der Waals surface area contributed by atoms with Crippen LogP contribution in [0.2, 0.25) is 0 Å². The van der Waals surface area contributed by atoms with Gasteiger partial charge in [0.25, 0.3) is 0 Å². The van der Waals surface area contributed by atoms with E-state index in [1.54, 1.807) is 0 Å². The molecule has 3 aromatic carbocycles. The van der Waals surface area contributed by atoms with Crippen molar-refractivity contribution in [3.8, 4) is 11.1 Å². The van der Waals surface area contributed by atoms with Crippen LogP contribution in [-0.2, 0) is 9.53 Å². The average molecular weight is 413 g/mol. The number of hydrogen-bond donors (Lipinski definition) is 1. The first-order chi connectivity index (χ1) is 15.1. The van der Waals surface area contributed by atoms with Crippen LogP contribution in [0.4, 0.5) is 4.79 Å². The lowest BCUT2D eigenvalue weighted by molar-refractivity contribution is -0.142. The van der Waals surface area contributed by atoms with Crippen LogP contribution in [0.1, 0.15) is 41.5 Å². The summed E-state index contributed by atoms with van der Waals surface area (Å²) in [5.41, 5.74) is 5.51. The third-order valence-electron chi connectivity index (χ3n) is 6.40. The molecule has 0 aromatic heterocycles. The van der Waals surface area contributed by atoms with E-state index in [9.17, 15) is 14.7 Å². The Balaban J connectivity index is 1.40. The van der Waals surface area contributed by atoms with Gasteiger partial charge in [0, 0.05) is 5.92 Å². The number of nitrogens with zero attached hydrogens (tertiary/aromatic N) is 1. The molecule has 2 aliphatic rings. The maximum atomic E-state index is 13.2. The van der Waals surface area contributed by atoms with Crippen molar-refractivity contribution in [3.63, 3.8) is 0 Å². The Morgan fingerprint density at radius 2 is 1.42 bits per heavy atom. The van der Waals surface area contributed by atoms with Crippen LogP contribution in [0.5, 0.6) is 0 Å². The molecule has 31 heavy (non-hydrogen) atoms. The lowest BCUT2D eigenvalue weighted by atomic mass is 9.98. The minimum atomic E-state index is -0.994. The second-order valence-electron chi connectivity index (χ2n) is 8.07. The zero-order valence-electron chi connectivity index (χ0n) is 17.0. The maximum absolute atomic E-state index is 13.2. The van der Waals surface area contributed by atoms with Crippen LogP contribution < -0.4 is 0 Å². The Labute approximate surface area is 180 Å². The van der Waals surface area contributed by atoms with E-state index in [0.717, 1.165) is 27.8 Å². The molecular formula is C26H23NO4. The molecule has 2 atom stereocenters. The summed E-state index contributed by atoms with van der Waals surface area (Å²) in [5.74, 6) is -1.05. The molecule has 0 bridgehead atoms. The number of carboxylic acid groups (broad SMARTS) is 1. The third-order valence-corrected chi connectivity index (χ3v) is 6.40. The minimum absolute atomic E-state index is 0.0580. The molecule has 0 spiro atoms. The summed E-state index contributed by atoms with van der Waals surface area (Å²) < 4.78 is 5.78. The van der Waals surface area contributed by atoms with Crippen LogP contribution in [0, 0.1) is 0 Å². The molecule has 156 valence electrons. The Hall–Kier alpha value is -3.60. The highest BCUT2D eigenvalue weighted by Gasteiger charge is 2.43. The second kappa shape index (κ2) is 7.91. The van der Waals surface area contributed by atoms with Crippen molar-refractivity contribution in [3.05, 3.63) is 95.6 Å². The summed E-state index contributed by atoms with van der Waals surface area (Å²) in [6.45, 7) is 0.178. The summed E-state index contributed by atoms with van der Waals surface area (Å²) in [7, 11) is 0. The summed E-state index contributed by atoms with van der Waals surface area (Å²) >= 11 is 0. The van der Waals surface area contributed by atoms with Gasteiger partial charge in [-0.3, -0.25) is 4.90 Å². The monoisotopic (exact) mass is 413 g/mol. The van der Waals surface area contributed by atoms with E-state index >= 15 is 0 Å². The van der Waals surface area contributed by atoms with Crippen LogP contribution >= 0.6 is 0 Å². The van der Waals surface area contributed by atoms with Crippen LogP contribution in [-0.4, -0.2) is 34.7 Å². The molecule has 0 radical (unpaired) electrons. The maximum Gasteiger partial charge on any atom is 0.411 e. The summed E-state index contributed by atoms with van der Waals surface area (Å²) in [4.78, 5) is 26.4. The van der Waals surface area contributed by atoms with Gasteiger partial charge in [-0.25, -0.2) is 9.59 Å². The zero-order chi connectivity index (χ0) is 21.4. The van der Waals surface area contributed by atoms with Gasteiger partial charge in [-0.1, -0.05) is 78.9 Å². The molecular weight excluding hydrogens is 390 g/mol. The number of benzene rings is 3. The van der Waals surface area contributed by atoms with Gasteiger partial charge in [0.15, 0.2) is 0 Å². The van der Waals surface area contributed by atoms with Crippen molar-refractivity contribution in [2.24, 2.45) is 0 Å². The number of ether oxygens (including phenoxy) is 1. The standard InChI is InChI=1S/C26H23NO4/c28-25(29)24-15-14-23(17-8-2-1-3-9-17)27(24)26(30)31-16-22-20-12-6-4-10-18(20)19-11-5-7-13-21(19)22/h1-13,22-24H,14-16H2,(H,28,29). The fourth-order valence-electron chi connectivity index (χ4n) is 4.98. The molecule has 1 N–H and O–H groups in total. The van der Waals surface area contributed by atoms with Crippen molar-refractivity contribution in [1.29, 1.82) is 0 Å². The van der Waals surface area contributed by atoms with E-state index < -0.39 is 18.1 Å². The predicted molar refractivity (Wildman–Crippen MR) is 117 cm³/mol. The molecule has 1 aliphatic heterocycles. The number of hydrogen-bond acceptors (Lipinski definition) is 3. The van der Waals surface area contributed by atoms with E-state index in [1.807, 2.05) is 54.6 Å². The van der Waals surface area contributed by atoms with Gasteiger partial charge in [0.1, 0.15) is 12.6 Å². The van der Waals surface area contributed by atoms with Crippen LogP contribution in [0.3, 0.4) is 0 Å². The normalized spacial score (nSPS) is 19.7. The predicted octanol–water partition coefficient (Wildman–Crippen LogP) is 5.23. The van der Waals surface area contributed by atoms with E-state index in [4.69, 9.17) is 4.74 Å². The van der Waals surface area contributed by atoms with Crippen molar-refractivity contribution < 1.29 is 19.4 Å². The second-order valence-corrected chi connectivity index (χ2v) is 8.07. The number of carbonyl (C=O) groups excluding carboxylic acids is 1. The highest BCUT2D eigenvalue weighted by atomic mass is 16.6. The number of likely N-dealkylation sites (tertiary alicyclic amines) is 1. The Kier molecular flexibility index (Phi) is 4.94. The third kappa shape index (κ3) is 3.36. The number of amides is 1. The van der Waals surface area contributed by atoms with Crippen LogP contribution in [0.25, 0.3) is 11.1 Å². The van der Waals surface area contributed by atoms with Gasteiger partial charge in [0.2, 0.25) is 0 Å². The van der Waals surface area contributed by atoms with Gasteiger partial charge in [-0.05, 0) is 40.7 Å². The Morgan fingerprint density at radius 1 is 0.839 bits per heavy atom. The molecule has 3 aromatic rings. The molecule has 1 aliphatic carbocycles. The topological polar surface area (TPSA) is 66.8 Å². The molecule has 5 rings (SSSR count). The largest absolute Gasteiger partial charge is 0.480 e. The number of fused-ring (bicyclic) bond motifs is 3. The SMILES string of the molecule is O=C(O)C1CCC(c2ccccc2)N1C(=O)OCC1c2ccccc2-c2ccccc21. The van der Waals surface area contributed by atoms with Gasteiger partial charge >= 0.3 is 12.1 Å². The van der Waals surface area contributed by atoms with E-state index in [2.05, 4.69) is 24.3 Å². The highest BCUT2D eigenvalue weighted by molar-refractivity contribution is 5.82. The number of carboxylic acids is 1. The van der Waals surface area contributed by atoms with Gasteiger partial charge in [-0.15, -0.1) is 0 Å². The molecule has 1 amide bonds. The van der Waals surface area contributed by atoms with Crippen molar-refractivity contribution >= 4 is 12.1 Å². The number of carbonyl (C=O) groups is 2. The first-order valence-corrected chi connectivity index (χ1v) is 10.6. The molecule has 1 fully saturated rings. The lowest BCUT2D eigenvalue weighted by Gasteiger charge is -2.28. The average Bonchev–Trinajstić information content (AvgIpc) is 3.38. The zero-order valence-corrected chi connectivity index (χ0v) is 17.0. The number of rotatable bonds is 4. The lowest BCUT2D eigenvalue weighted by Crippen LogP contribution is -2.42. The summed E-state index contributed by atoms with van der Waals surface area (Å²) in [6, 6.07) is 24.7. The van der Waals surface area contributed by atoms with E-state index in [1.165, 1.54) is 4.90 Å². The summed E-state index contributed by atoms with van der Waals surface area (Å²) in [5, 5.41) is 9.69.